The highest BCUT2D eigenvalue weighted by Gasteiger charge is 2.21. The summed E-state index contributed by atoms with van der Waals surface area (Å²) in [6.45, 7) is -0.0805. The van der Waals surface area contributed by atoms with E-state index in [-0.39, 0.29) is 5.75 Å². The highest BCUT2D eigenvalue weighted by atomic mass is 79.9. The van der Waals surface area contributed by atoms with E-state index < -0.39 is 6.61 Å². The molecule has 0 bridgehead atoms. The van der Waals surface area contributed by atoms with Crippen molar-refractivity contribution in [3.05, 3.63) is 28.2 Å². The molecule has 1 fully saturated rings. The van der Waals surface area contributed by atoms with E-state index in [0.717, 1.165) is 10.0 Å². The van der Waals surface area contributed by atoms with Crippen molar-refractivity contribution in [1.82, 2.24) is 5.32 Å². The van der Waals surface area contributed by atoms with Crippen LogP contribution in [0.4, 0.5) is 8.78 Å². The van der Waals surface area contributed by atoms with Gasteiger partial charge in [-0.15, -0.1) is 0 Å². The van der Waals surface area contributed by atoms with Crippen molar-refractivity contribution < 1.29 is 13.5 Å². The van der Waals surface area contributed by atoms with E-state index in [4.69, 9.17) is 0 Å². The third-order valence-electron chi connectivity index (χ3n) is 3.96. The standard InChI is InChI=1S/C15H20BrF2NO/c1-10(11-4-2-3-5-11)19-9-12-8-13(16)6-7-14(12)20-15(17)18/h6-8,10-11,15,19H,2-5,9H2,1H3/t10-/m1/s1. The average Bonchev–Trinajstić information content (AvgIpc) is 2.92. The van der Waals surface area contributed by atoms with E-state index in [2.05, 4.69) is 32.9 Å². The number of hydrogen-bond acceptors (Lipinski definition) is 2. The van der Waals surface area contributed by atoms with Crippen LogP contribution in [0.5, 0.6) is 5.75 Å². The topological polar surface area (TPSA) is 21.3 Å². The molecule has 1 aromatic rings. The van der Waals surface area contributed by atoms with E-state index in [1.54, 1.807) is 12.1 Å². The van der Waals surface area contributed by atoms with Crippen molar-refractivity contribution in [1.29, 1.82) is 0 Å². The molecule has 1 aliphatic carbocycles. The van der Waals surface area contributed by atoms with Crippen LogP contribution in [0.15, 0.2) is 22.7 Å². The summed E-state index contributed by atoms with van der Waals surface area (Å²) in [7, 11) is 0. The molecule has 0 amide bonds. The Kier molecular flexibility index (Phi) is 5.78. The van der Waals surface area contributed by atoms with Gasteiger partial charge in [-0.3, -0.25) is 0 Å². The molecule has 5 heteroatoms. The molecule has 1 aromatic carbocycles. The lowest BCUT2D eigenvalue weighted by Crippen LogP contribution is -2.31. The summed E-state index contributed by atoms with van der Waals surface area (Å²) >= 11 is 3.37. The molecule has 1 saturated carbocycles. The molecule has 0 radical (unpaired) electrons. The second-order valence-electron chi connectivity index (χ2n) is 5.34. The maximum Gasteiger partial charge on any atom is 0.387 e. The normalized spacial score (nSPS) is 17.6. The molecule has 2 nitrogen and oxygen atoms in total. The van der Waals surface area contributed by atoms with Gasteiger partial charge < -0.3 is 10.1 Å². The van der Waals surface area contributed by atoms with Gasteiger partial charge in [0, 0.05) is 22.6 Å². The molecule has 0 aliphatic heterocycles. The molecule has 20 heavy (non-hydrogen) atoms. The van der Waals surface area contributed by atoms with Crippen molar-refractivity contribution in [2.75, 3.05) is 0 Å². The Balaban J connectivity index is 1.98. The molecule has 1 aliphatic rings. The first-order valence-corrected chi connectivity index (χ1v) is 7.82. The largest absolute Gasteiger partial charge is 0.434 e. The lowest BCUT2D eigenvalue weighted by Gasteiger charge is -2.21. The minimum absolute atomic E-state index is 0.245. The first-order valence-electron chi connectivity index (χ1n) is 7.03. The first kappa shape index (κ1) is 15.7. The Morgan fingerprint density at radius 2 is 2.05 bits per heavy atom. The third kappa shape index (κ3) is 4.42. The zero-order valence-electron chi connectivity index (χ0n) is 11.5. The summed E-state index contributed by atoms with van der Waals surface area (Å²) in [6, 6.07) is 5.51. The van der Waals surface area contributed by atoms with Gasteiger partial charge in [0.1, 0.15) is 5.75 Å². The molecule has 1 N–H and O–H groups in total. The quantitative estimate of drug-likeness (QED) is 0.803. The predicted molar refractivity (Wildman–Crippen MR) is 79.0 cm³/mol. The molecule has 0 saturated heterocycles. The molecule has 0 spiro atoms. The SMILES string of the molecule is C[C@@H](NCc1cc(Br)ccc1OC(F)F)C1CCCC1. The molecule has 1 atom stereocenters. The van der Waals surface area contributed by atoms with E-state index in [1.807, 2.05) is 6.07 Å². The van der Waals surface area contributed by atoms with Crippen LogP contribution in [0.2, 0.25) is 0 Å². The van der Waals surface area contributed by atoms with Crippen LogP contribution in [0.1, 0.15) is 38.2 Å². The second kappa shape index (κ2) is 7.36. The Morgan fingerprint density at radius 3 is 2.70 bits per heavy atom. The Morgan fingerprint density at radius 1 is 1.35 bits per heavy atom. The van der Waals surface area contributed by atoms with Crippen LogP contribution < -0.4 is 10.1 Å². The van der Waals surface area contributed by atoms with Crippen LogP contribution in [0, 0.1) is 5.92 Å². The van der Waals surface area contributed by atoms with Crippen molar-refractivity contribution >= 4 is 15.9 Å². The molecular formula is C15H20BrF2NO. The van der Waals surface area contributed by atoms with Gasteiger partial charge in [-0.1, -0.05) is 28.8 Å². The van der Waals surface area contributed by atoms with Gasteiger partial charge in [0.05, 0.1) is 0 Å². The van der Waals surface area contributed by atoms with Crippen LogP contribution in [0.3, 0.4) is 0 Å². The Hall–Kier alpha value is -0.680. The van der Waals surface area contributed by atoms with Gasteiger partial charge in [0.15, 0.2) is 0 Å². The van der Waals surface area contributed by atoms with Gasteiger partial charge in [0.2, 0.25) is 0 Å². The van der Waals surface area contributed by atoms with Crippen molar-refractivity contribution in [3.63, 3.8) is 0 Å². The van der Waals surface area contributed by atoms with E-state index in [9.17, 15) is 8.78 Å². The number of alkyl halides is 2. The minimum atomic E-state index is -2.79. The molecule has 0 heterocycles. The monoisotopic (exact) mass is 347 g/mol. The maximum absolute atomic E-state index is 12.4. The van der Waals surface area contributed by atoms with Crippen LogP contribution >= 0.6 is 15.9 Å². The molecule has 2 rings (SSSR count). The van der Waals surface area contributed by atoms with Crippen LogP contribution in [0.25, 0.3) is 0 Å². The Labute approximate surface area is 127 Å². The van der Waals surface area contributed by atoms with Crippen LogP contribution in [-0.2, 0) is 6.54 Å². The number of nitrogens with one attached hydrogen (secondary N) is 1. The zero-order valence-corrected chi connectivity index (χ0v) is 13.1. The Bertz CT molecular complexity index is 436. The van der Waals surface area contributed by atoms with Crippen LogP contribution in [-0.4, -0.2) is 12.7 Å². The number of ether oxygens (including phenoxy) is 1. The first-order chi connectivity index (χ1) is 9.56. The van der Waals surface area contributed by atoms with Crippen molar-refractivity contribution in [3.8, 4) is 5.75 Å². The summed E-state index contributed by atoms with van der Waals surface area (Å²) in [5.41, 5.74) is 0.754. The van der Waals surface area contributed by atoms with Crippen molar-refractivity contribution in [2.45, 2.75) is 51.8 Å². The highest BCUT2D eigenvalue weighted by Crippen LogP contribution is 2.29. The summed E-state index contributed by atoms with van der Waals surface area (Å²) in [5, 5.41) is 3.44. The van der Waals surface area contributed by atoms with Gasteiger partial charge in [-0.05, 0) is 43.9 Å². The van der Waals surface area contributed by atoms with E-state index in [1.165, 1.54) is 25.7 Å². The van der Waals surface area contributed by atoms with E-state index >= 15 is 0 Å². The zero-order chi connectivity index (χ0) is 14.5. The molecular weight excluding hydrogens is 328 g/mol. The fourth-order valence-corrected chi connectivity index (χ4v) is 3.20. The third-order valence-corrected chi connectivity index (χ3v) is 4.45. The lowest BCUT2D eigenvalue weighted by molar-refractivity contribution is -0.0505. The smallest absolute Gasteiger partial charge is 0.387 e. The molecule has 0 unspecified atom stereocenters. The summed E-state index contributed by atoms with van der Waals surface area (Å²) in [5.74, 6) is 0.941. The molecule has 0 aromatic heterocycles. The summed E-state index contributed by atoms with van der Waals surface area (Å²) in [6.07, 6.45) is 5.11. The van der Waals surface area contributed by atoms with Gasteiger partial charge in [0.25, 0.3) is 0 Å². The maximum atomic E-state index is 12.4. The van der Waals surface area contributed by atoms with Gasteiger partial charge >= 0.3 is 6.61 Å². The number of rotatable bonds is 6. The minimum Gasteiger partial charge on any atom is -0.434 e. The highest BCUT2D eigenvalue weighted by molar-refractivity contribution is 9.10. The number of benzene rings is 1. The van der Waals surface area contributed by atoms with Gasteiger partial charge in [-0.2, -0.15) is 8.78 Å². The molecule has 112 valence electrons. The van der Waals surface area contributed by atoms with Crippen molar-refractivity contribution in [2.24, 2.45) is 5.92 Å². The van der Waals surface area contributed by atoms with Gasteiger partial charge in [-0.25, -0.2) is 0 Å². The summed E-state index contributed by atoms with van der Waals surface area (Å²) < 4.78 is 30.2. The average molecular weight is 348 g/mol. The second-order valence-corrected chi connectivity index (χ2v) is 6.26. The fraction of sp³-hybridized carbons (Fsp3) is 0.600. The fourth-order valence-electron chi connectivity index (χ4n) is 2.79. The summed E-state index contributed by atoms with van der Waals surface area (Å²) in [4.78, 5) is 0. The lowest BCUT2D eigenvalue weighted by atomic mass is 9.99. The number of halogens is 3. The predicted octanol–water partition coefficient (Wildman–Crippen LogP) is 4.72. The van der Waals surface area contributed by atoms with E-state index in [0.29, 0.717) is 18.5 Å². The number of hydrogen-bond donors (Lipinski definition) is 1.